The van der Waals surface area contributed by atoms with Crippen LogP contribution in [0.3, 0.4) is 0 Å². The molecule has 1 N–H and O–H groups in total. The number of amides is 1. The Hall–Kier alpha value is -1.39. The molecule has 0 aliphatic carbocycles. The molecule has 1 fully saturated rings. The second kappa shape index (κ2) is 6.16. The number of piperidine rings is 1. The topological polar surface area (TPSA) is 43.8 Å². The summed E-state index contributed by atoms with van der Waals surface area (Å²) in [6, 6.07) is 8.76. The van der Waals surface area contributed by atoms with E-state index in [4.69, 9.17) is 0 Å². The summed E-state index contributed by atoms with van der Waals surface area (Å²) in [6.45, 7) is 4.93. The van der Waals surface area contributed by atoms with Crippen LogP contribution in [0.5, 0.6) is 0 Å². The monoisotopic (exact) mass is 288 g/mol. The second-order valence-electron chi connectivity index (χ2n) is 6.23. The van der Waals surface area contributed by atoms with E-state index in [-0.39, 0.29) is 12.0 Å². The molecule has 114 valence electrons. The first kappa shape index (κ1) is 14.5. The van der Waals surface area contributed by atoms with Gasteiger partial charge in [0.05, 0.1) is 6.10 Å². The Labute approximate surface area is 126 Å². The van der Waals surface area contributed by atoms with Gasteiger partial charge < -0.3 is 10.0 Å². The van der Waals surface area contributed by atoms with Crippen molar-refractivity contribution in [1.29, 1.82) is 0 Å². The number of hydrogen-bond donors (Lipinski definition) is 1. The highest BCUT2D eigenvalue weighted by Gasteiger charge is 2.30. The Kier molecular flexibility index (Phi) is 4.27. The molecule has 2 aliphatic rings. The number of fused-ring (bicyclic) bond motifs is 1. The Morgan fingerprint density at radius 3 is 2.81 bits per heavy atom. The summed E-state index contributed by atoms with van der Waals surface area (Å²) in [5.41, 5.74) is 2.57. The highest BCUT2D eigenvalue weighted by Crippen LogP contribution is 2.33. The van der Waals surface area contributed by atoms with Gasteiger partial charge in [0.2, 0.25) is 5.91 Å². The lowest BCUT2D eigenvalue weighted by molar-refractivity contribution is -0.129. The van der Waals surface area contributed by atoms with Gasteiger partial charge in [-0.15, -0.1) is 0 Å². The average Bonchev–Trinajstić information content (AvgIpc) is 2.67. The highest BCUT2D eigenvalue weighted by atomic mass is 16.3. The molecule has 2 atom stereocenters. The number of hydrogen-bond acceptors (Lipinski definition) is 3. The van der Waals surface area contributed by atoms with Crippen LogP contribution >= 0.6 is 0 Å². The summed E-state index contributed by atoms with van der Waals surface area (Å²) >= 11 is 0. The van der Waals surface area contributed by atoms with Gasteiger partial charge in [-0.05, 0) is 36.9 Å². The zero-order valence-corrected chi connectivity index (χ0v) is 12.7. The highest BCUT2D eigenvalue weighted by molar-refractivity contribution is 5.73. The van der Waals surface area contributed by atoms with Gasteiger partial charge in [0.25, 0.3) is 0 Å². The van der Waals surface area contributed by atoms with Crippen LogP contribution in [0.25, 0.3) is 0 Å². The smallest absolute Gasteiger partial charge is 0.219 e. The number of benzene rings is 1. The molecule has 3 rings (SSSR count). The van der Waals surface area contributed by atoms with Gasteiger partial charge in [0.15, 0.2) is 0 Å². The Balaban J connectivity index is 1.89. The number of aliphatic hydroxyl groups excluding tert-OH is 1. The predicted molar refractivity (Wildman–Crippen MR) is 81.7 cm³/mol. The van der Waals surface area contributed by atoms with Gasteiger partial charge in [0, 0.05) is 32.6 Å². The SMILES string of the molecule is CC(=O)N1CC[C@H](N2CCC[C@@H](O)C2)c2ccccc2C1. The second-order valence-corrected chi connectivity index (χ2v) is 6.23. The zero-order chi connectivity index (χ0) is 14.8. The molecule has 1 amide bonds. The van der Waals surface area contributed by atoms with Crippen molar-refractivity contribution >= 4 is 5.91 Å². The summed E-state index contributed by atoms with van der Waals surface area (Å²) in [7, 11) is 0. The van der Waals surface area contributed by atoms with Crippen LogP contribution in [0.2, 0.25) is 0 Å². The first-order chi connectivity index (χ1) is 10.1. The number of aliphatic hydroxyl groups is 1. The lowest BCUT2D eigenvalue weighted by atomic mass is 9.95. The summed E-state index contributed by atoms with van der Waals surface area (Å²) in [6.07, 6.45) is 2.70. The molecule has 0 aromatic heterocycles. The van der Waals surface area contributed by atoms with Crippen LogP contribution < -0.4 is 0 Å². The number of carbonyl (C=O) groups excluding carboxylic acids is 1. The molecule has 4 heteroatoms. The van der Waals surface area contributed by atoms with Gasteiger partial charge in [-0.1, -0.05) is 24.3 Å². The molecule has 1 aromatic rings. The molecule has 0 unspecified atom stereocenters. The van der Waals surface area contributed by atoms with E-state index in [1.807, 2.05) is 11.0 Å². The van der Waals surface area contributed by atoms with Crippen LogP contribution in [0.1, 0.15) is 43.4 Å². The van der Waals surface area contributed by atoms with Crippen molar-refractivity contribution in [3.8, 4) is 0 Å². The first-order valence-corrected chi connectivity index (χ1v) is 7.90. The number of likely N-dealkylation sites (tertiary alicyclic amines) is 1. The molecule has 0 saturated carbocycles. The normalized spacial score (nSPS) is 27.0. The molecular formula is C17H24N2O2. The summed E-state index contributed by atoms with van der Waals surface area (Å²) in [4.78, 5) is 16.1. The molecule has 2 heterocycles. The van der Waals surface area contributed by atoms with Crippen LogP contribution in [-0.4, -0.2) is 46.6 Å². The van der Waals surface area contributed by atoms with Crippen LogP contribution in [-0.2, 0) is 11.3 Å². The van der Waals surface area contributed by atoms with Crippen LogP contribution in [0, 0.1) is 0 Å². The van der Waals surface area contributed by atoms with Gasteiger partial charge in [-0.2, -0.15) is 0 Å². The largest absolute Gasteiger partial charge is 0.392 e. The number of carbonyl (C=O) groups is 1. The maximum atomic E-state index is 11.8. The molecular weight excluding hydrogens is 264 g/mol. The number of rotatable bonds is 1. The standard InChI is InChI=1S/C17H24N2O2/c1-13(20)18-10-8-17(19-9-4-6-15(21)12-19)16-7-3-2-5-14(16)11-18/h2-3,5,7,15,17,21H,4,6,8-12H2,1H3/t15-,17+/m1/s1. The molecule has 0 bridgehead atoms. The zero-order valence-electron chi connectivity index (χ0n) is 12.7. The van der Waals surface area contributed by atoms with E-state index in [2.05, 4.69) is 23.1 Å². The van der Waals surface area contributed by atoms with E-state index in [0.717, 1.165) is 38.9 Å². The third-order valence-electron chi connectivity index (χ3n) is 4.76. The number of β-amino-alcohol motifs (C(OH)–C–C–N with tert-alkyl or cyclic N) is 1. The molecule has 21 heavy (non-hydrogen) atoms. The fourth-order valence-electron chi connectivity index (χ4n) is 3.64. The fraction of sp³-hybridized carbons (Fsp3) is 0.588. The minimum absolute atomic E-state index is 0.143. The molecule has 1 aromatic carbocycles. The van der Waals surface area contributed by atoms with Crippen LogP contribution in [0.4, 0.5) is 0 Å². The van der Waals surface area contributed by atoms with Crippen molar-refractivity contribution < 1.29 is 9.90 Å². The molecule has 1 saturated heterocycles. The van der Waals surface area contributed by atoms with Crippen molar-refractivity contribution in [3.63, 3.8) is 0 Å². The fourth-order valence-corrected chi connectivity index (χ4v) is 3.64. The van der Waals surface area contributed by atoms with E-state index in [9.17, 15) is 9.90 Å². The van der Waals surface area contributed by atoms with Crippen molar-refractivity contribution in [2.45, 2.75) is 44.9 Å². The number of nitrogens with zero attached hydrogens (tertiary/aromatic N) is 2. The van der Waals surface area contributed by atoms with E-state index in [1.165, 1.54) is 11.1 Å². The minimum Gasteiger partial charge on any atom is -0.392 e. The first-order valence-electron chi connectivity index (χ1n) is 7.90. The van der Waals surface area contributed by atoms with E-state index in [0.29, 0.717) is 12.6 Å². The summed E-state index contributed by atoms with van der Waals surface area (Å²) < 4.78 is 0. The molecule has 0 radical (unpaired) electrons. The Morgan fingerprint density at radius 1 is 1.24 bits per heavy atom. The maximum Gasteiger partial charge on any atom is 0.219 e. The average molecular weight is 288 g/mol. The van der Waals surface area contributed by atoms with E-state index >= 15 is 0 Å². The molecule has 4 nitrogen and oxygen atoms in total. The van der Waals surface area contributed by atoms with E-state index < -0.39 is 0 Å². The van der Waals surface area contributed by atoms with Gasteiger partial charge in [-0.3, -0.25) is 9.69 Å². The maximum absolute atomic E-state index is 11.8. The van der Waals surface area contributed by atoms with Crippen LogP contribution in [0.15, 0.2) is 24.3 Å². The van der Waals surface area contributed by atoms with Crippen molar-refractivity contribution in [2.24, 2.45) is 0 Å². The third kappa shape index (κ3) is 3.11. The predicted octanol–water partition coefficient (Wildman–Crippen LogP) is 1.94. The minimum atomic E-state index is -0.210. The molecule has 2 aliphatic heterocycles. The van der Waals surface area contributed by atoms with Crippen molar-refractivity contribution in [1.82, 2.24) is 9.80 Å². The summed E-state index contributed by atoms with van der Waals surface area (Å²) in [5.74, 6) is 0.143. The lowest BCUT2D eigenvalue weighted by Crippen LogP contribution is -2.41. The van der Waals surface area contributed by atoms with E-state index in [1.54, 1.807) is 6.92 Å². The van der Waals surface area contributed by atoms with Crippen molar-refractivity contribution in [3.05, 3.63) is 35.4 Å². The third-order valence-corrected chi connectivity index (χ3v) is 4.76. The van der Waals surface area contributed by atoms with Gasteiger partial charge >= 0.3 is 0 Å². The Bertz CT molecular complexity index is 517. The lowest BCUT2D eigenvalue weighted by Gasteiger charge is -2.37. The van der Waals surface area contributed by atoms with Gasteiger partial charge in [-0.25, -0.2) is 0 Å². The van der Waals surface area contributed by atoms with Crippen molar-refractivity contribution in [2.75, 3.05) is 19.6 Å². The van der Waals surface area contributed by atoms with Gasteiger partial charge in [0.1, 0.15) is 0 Å². The Morgan fingerprint density at radius 2 is 2.05 bits per heavy atom. The summed E-state index contributed by atoms with van der Waals surface area (Å²) in [5, 5.41) is 9.96. The molecule has 0 spiro atoms. The quantitative estimate of drug-likeness (QED) is 0.859.